The third-order valence-electron chi connectivity index (χ3n) is 3.40. The van der Waals surface area contributed by atoms with E-state index < -0.39 is 0 Å². The number of hydrogen-bond acceptors (Lipinski definition) is 3. The van der Waals surface area contributed by atoms with Gasteiger partial charge in [-0.2, -0.15) is 0 Å². The molecule has 1 heterocycles. The van der Waals surface area contributed by atoms with E-state index >= 15 is 0 Å². The fourth-order valence-corrected chi connectivity index (χ4v) is 2.47. The summed E-state index contributed by atoms with van der Waals surface area (Å²) in [5.74, 6) is 1.56. The van der Waals surface area contributed by atoms with Crippen LogP contribution in [0.25, 0.3) is 0 Å². The molecule has 1 aliphatic rings. The Balaban J connectivity index is 1.84. The van der Waals surface area contributed by atoms with Crippen molar-refractivity contribution in [2.75, 3.05) is 7.11 Å². The van der Waals surface area contributed by atoms with Crippen molar-refractivity contribution in [2.24, 2.45) is 5.92 Å². The average molecular weight is 233 g/mol. The van der Waals surface area contributed by atoms with Crippen LogP contribution < -0.4 is 4.74 Å². The molecule has 1 aromatic rings. The number of ketones is 1. The summed E-state index contributed by atoms with van der Waals surface area (Å²) in [5.41, 5.74) is 0.980. The van der Waals surface area contributed by atoms with Gasteiger partial charge in [0.2, 0.25) is 5.88 Å². The van der Waals surface area contributed by atoms with Crippen LogP contribution in [0.5, 0.6) is 5.88 Å². The van der Waals surface area contributed by atoms with Crippen LogP contribution in [0.15, 0.2) is 18.3 Å². The summed E-state index contributed by atoms with van der Waals surface area (Å²) >= 11 is 0. The summed E-state index contributed by atoms with van der Waals surface area (Å²) < 4.78 is 4.99. The Morgan fingerprint density at radius 3 is 2.76 bits per heavy atom. The Morgan fingerprint density at radius 1 is 1.41 bits per heavy atom. The molecule has 0 aromatic carbocycles. The molecule has 1 aliphatic carbocycles. The van der Waals surface area contributed by atoms with Crippen LogP contribution >= 0.6 is 0 Å². The second-order valence-corrected chi connectivity index (χ2v) is 4.78. The lowest BCUT2D eigenvalue weighted by Crippen LogP contribution is -2.08. The summed E-state index contributed by atoms with van der Waals surface area (Å²) in [5, 5.41) is 0. The topological polar surface area (TPSA) is 39.2 Å². The van der Waals surface area contributed by atoms with Gasteiger partial charge in [-0.25, -0.2) is 4.98 Å². The van der Waals surface area contributed by atoms with Gasteiger partial charge in [0.05, 0.1) is 7.11 Å². The van der Waals surface area contributed by atoms with Gasteiger partial charge in [0.1, 0.15) is 5.78 Å². The van der Waals surface area contributed by atoms with E-state index in [0.29, 0.717) is 24.0 Å². The predicted octanol–water partition coefficient (Wildman–Crippen LogP) is 2.78. The zero-order valence-electron chi connectivity index (χ0n) is 10.3. The first-order chi connectivity index (χ1) is 8.28. The molecule has 0 unspecified atom stereocenters. The third kappa shape index (κ3) is 3.55. The molecule has 92 valence electrons. The van der Waals surface area contributed by atoms with Gasteiger partial charge in [-0.05, 0) is 11.5 Å². The second-order valence-electron chi connectivity index (χ2n) is 4.78. The van der Waals surface area contributed by atoms with Crippen molar-refractivity contribution in [3.05, 3.63) is 23.9 Å². The van der Waals surface area contributed by atoms with Crippen LogP contribution in [-0.4, -0.2) is 17.9 Å². The molecule has 17 heavy (non-hydrogen) atoms. The molecule has 3 nitrogen and oxygen atoms in total. The number of methoxy groups -OCH3 is 1. The Hall–Kier alpha value is -1.38. The van der Waals surface area contributed by atoms with E-state index in [1.807, 2.05) is 6.07 Å². The maximum absolute atomic E-state index is 11.9. The largest absolute Gasteiger partial charge is 0.481 e. The molecule has 0 aliphatic heterocycles. The molecule has 0 N–H and O–H groups in total. The minimum Gasteiger partial charge on any atom is -0.481 e. The molecule has 0 amide bonds. The number of carbonyl (C=O) groups is 1. The van der Waals surface area contributed by atoms with Crippen molar-refractivity contribution >= 4 is 5.78 Å². The maximum Gasteiger partial charge on any atom is 0.212 e. The van der Waals surface area contributed by atoms with E-state index in [-0.39, 0.29) is 0 Å². The number of hydrogen-bond donors (Lipinski definition) is 0. The number of ether oxygens (including phenoxy) is 1. The predicted molar refractivity (Wildman–Crippen MR) is 66.1 cm³/mol. The number of nitrogens with zero attached hydrogens (tertiary/aromatic N) is 1. The molecule has 0 bridgehead atoms. The van der Waals surface area contributed by atoms with Gasteiger partial charge < -0.3 is 4.74 Å². The van der Waals surface area contributed by atoms with Crippen LogP contribution in [0, 0.1) is 5.92 Å². The fourth-order valence-electron chi connectivity index (χ4n) is 2.47. The Kier molecular flexibility index (Phi) is 4.13. The highest BCUT2D eigenvalue weighted by Crippen LogP contribution is 2.28. The van der Waals surface area contributed by atoms with Crippen LogP contribution in [0.4, 0.5) is 0 Å². The molecule has 1 fully saturated rings. The molecule has 2 rings (SSSR count). The smallest absolute Gasteiger partial charge is 0.212 e. The van der Waals surface area contributed by atoms with Crippen LogP contribution in [0.3, 0.4) is 0 Å². The minimum absolute atomic E-state index is 0.337. The zero-order chi connectivity index (χ0) is 12.1. The quantitative estimate of drug-likeness (QED) is 0.785. The molecular weight excluding hydrogens is 214 g/mol. The van der Waals surface area contributed by atoms with Gasteiger partial charge in [-0.3, -0.25) is 4.79 Å². The second kappa shape index (κ2) is 5.80. The molecule has 0 radical (unpaired) electrons. The normalized spacial score (nSPS) is 16.1. The molecule has 1 aromatic heterocycles. The SMILES string of the molecule is COc1ccc(CC(=O)CC2CCCC2)cn1. The lowest BCUT2D eigenvalue weighted by Gasteiger charge is -2.07. The summed E-state index contributed by atoms with van der Waals surface area (Å²) in [7, 11) is 1.59. The first-order valence-electron chi connectivity index (χ1n) is 6.28. The molecular formula is C14H19NO2. The third-order valence-corrected chi connectivity index (χ3v) is 3.40. The van der Waals surface area contributed by atoms with E-state index in [0.717, 1.165) is 12.0 Å². The van der Waals surface area contributed by atoms with Crippen LogP contribution in [0.2, 0.25) is 0 Å². The van der Waals surface area contributed by atoms with Crippen molar-refractivity contribution < 1.29 is 9.53 Å². The zero-order valence-corrected chi connectivity index (χ0v) is 10.3. The van der Waals surface area contributed by atoms with Gasteiger partial charge in [-0.1, -0.05) is 31.7 Å². The monoisotopic (exact) mass is 233 g/mol. The molecule has 0 saturated heterocycles. The maximum atomic E-state index is 11.9. The number of Topliss-reactive ketones (excluding diaryl/α,β-unsaturated/α-hetero) is 1. The van der Waals surface area contributed by atoms with Crippen LogP contribution in [-0.2, 0) is 11.2 Å². The first kappa shape index (κ1) is 12.1. The van der Waals surface area contributed by atoms with E-state index in [2.05, 4.69) is 4.98 Å². The Morgan fingerprint density at radius 2 is 2.18 bits per heavy atom. The lowest BCUT2D eigenvalue weighted by atomic mass is 9.98. The molecule has 0 spiro atoms. The molecule has 3 heteroatoms. The van der Waals surface area contributed by atoms with Crippen molar-refractivity contribution in [1.82, 2.24) is 4.98 Å². The number of carbonyl (C=O) groups excluding carboxylic acids is 1. The van der Waals surface area contributed by atoms with Gasteiger partial charge in [-0.15, -0.1) is 0 Å². The highest BCUT2D eigenvalue weighted by molar-refractivity contribution is 5.81. The van der Waals surface area contributed by atoms with E-state index in [1.165, 1.54) is 25.7 Å². The van der Waals surface area contributed by atoms with Crippen molar-refractivity contribution in [1.29, 1.82) is 0 Å². The summed E-state index contributed by atoms with van der Waals surface area (Å²) in [6.45, 7) is 0. The number of rotatable bonds is 5. The summed E-state index contributed by atoms with van der Waals surface area (Å²) in [6, 6.07) is 3.72. The van der Waals surface area contributed by atoms with Gasteiger partial charge >= 0.3 is 0 Å². The lowest BCUT2D eigenvalue weighted by molar-refractivity contribution is -0.119. The van der Waals surface area contributed by atoms with E-state index in [4.69, 9.17) is 4.74 Å². The first-order valence-corrected chi connectivity index (χ1v) is 6.28. The summed E-state index contributed by atoms with van der Waals surface area (Å²) in [6.07, 6.45) is 8.02. The van der Waals surface area contributed by atoms with Crippen molar-refractivity contribution in [3.8, 4) is 5.88 Å². The van der Waals surface area contributed by atoms with Gasteiger partial charge in [0, 0.05) is 25.1 Å². The highest BCUT2D eigenvalue weighted by atomic mass is 16.5. The highest BCUT2D eigenvalue weighted by Gasteiger charge is 2.18. The van der Waals surface area contributed by atoms with Gasteiger partial charge in [0.25, 0.3) is 0 Å². The Labute approximate surface area is 102 Å². The molecule has 1 saturated carbocycles. The minimum atomic E-state index is 0.337. The van der Waals surface area contributed by atoms with Crippen LogP contribution in [0.1, 0.15) is 37.7 Å². The van der Waals surface area contributed by atoms with E-state index in [1.54, 1.807) is 19.4 Å². The van der Waals surface area contributed by atoms with Crippen molar-refractivity contribution in [2.45, 2.75) is 38.5 Å². The standard InChI is InChI=1S/C14H19NO2/c1-17-14-7-6-12(10-15-14)9-13(16)8-11-4-2-3-5-11/h6-7,10-11H,2-5,8-9H2,1H3. The van der Waals surface area contributed by atoms with E-state index in [9.17, 15) is 4.79 Å². The number of pyridine rings is 1. The summed E-state index contributed by atoms with van der Waals surface area (Å²) in [4.78, 5) is 16.0. The molecule has 0 atom stereocenters. The fraction of sp³-hybridized carbons (Fsp3) is 0.571. The number of aromatic nitrogens is 1. The van der Waals surface area contributed by atoms with Gasteiger partial charge in [0.15, 0.2) is 0 Å². The Bertz CT molecular complexity index is 366. The van der Waals surface area contributed by atoms with Crippen molar-refractivity contribution in [3.63, 3.8) is 0 Å². The average Bonchev–Trinajstić information content (AvgIpc) is 2.82.